The average Bonchev–Trinajstić information content (AvgIpc) is 2.81. The highest BCUT2D eigenvalue weighted by atomic mass is 32.2. The minimum atomic E-state index is -3.71. The predicted molar refractivity (Wildman–Crippen MR) is 128 cm³/mol. The predicted octanol–water partition coefficient (Wildman–Crippen LogP) is 3.40. The van der Waals surface area contributed by atoms with E-state index in [4.69, 9.17) is 0 Å². The van der Waals surface area contributed by atoms with E-state index in [0.29, 0.717) is 25.7 Å². The van der Waals surface area contributed by atoms with E-state index in [1.807, 2.05) is 30.3 Å². The van der Waals surface area contributed by atoms with Crippen molar-refractivity contribution in [3.8, 4) is 0 Å². The second-order valence-electron chi connectivity index (χ2n) is 9.17. The second-order valence-corrected chi connectivity index (χ2v) is 12.8. The van der Waals surface area contributed by atoms with Crippen molar-refractivity contribution in [2.45, 2.75) is 61.4 Å². The molecule has 2 fully saturated rings. The first kappa shape index (κ1) is 24.3. The van der Waals surface area contributed by atoms with Crippen molar-refractivity contribution < 1.29 is 16.8 Å². The highest BCUT2D eigenvalue weighted by molar-refractivity contribution is 7.89. The monoisotopic (exact) mass is 491 g/mol. The molecule has 1 heterocycles. The number of nitrogens with zero attached hydrogens (tertiary/aromatic N) is 2. The fourth-order valence-corrected chi connectivity index (χ4v) is 7.54. The Hall–Kier alpha value is -1.78. The Kier molecular flexibility index (Phi) is 7.55. The summed E-state index contributed by atoms with van der Waals surface area (Å²) in [7, 11) is -7.40. The molecule has 7 nitrogen and oxygen atoms in total. The van der Waals surface area contributed by atoms with Gasteiger partial charge in [0.25, 0.3) is 0 Å². The Morgan fingerprint density at radius 1 is 0.848 bits per heavy atom. The first-order chi connectivity index (χ1) is 15.8. The molecular formula is C24H33N3O4S2. The average molecular weight is 492 g/mol. The number of benzene rings is 2. The van der Waals surface area contributed by atoms with Crippen molar-refractivity contribution in [3.05, 3.63) is 60.2 Å². The Labute approximate surface area is 197 Å². The molecule has 1 saturated heterocycles. The van der Waals surface area contributed by atoms with Crippen molar-refractivity contribution in [2.24, 2.45) is 5.92 Å². The number of sulfonamides is 2. The van der Waals surface area contributed by atoms with Gasteiger partial charge in [-0.05, 0) is 55.0 Å². The Morgan fingerprint density at radius 3 is 2.21 bits per heavy atom. The van der Waals surface area contributed by atoms with Crippen LogP contribution in [0.25, 0.3) is 0 Å². The number of rotatable bonds is 7. The zero-order valence-electron chi connectivity index (χ0n) is 19.1. The molecule has 1 aliphatic carbocycles. The van der Waals surface area contributed by atoms with Gasteiger partial charge in [0.05, 0.1) is 16.5 Å². The second kappa shape index (κ2) is 10.2. The van der Waals surface area contributed by atoms with Crippen LogP contribution in [0.1, 0.15) is 44.6 Å². The number of hydrogen-bond acceptors (Lipinski definition) is 5. The van der Waals surface area contributed by atoms with Crippen molar-refractivity contribution in [3.63, 3.8) is 0 Å². The molecule has 2 aromatic carbocycles. The molecule has 33 heavy (non-hydrogen) atoms. The summed E-state index contributed by atoms with van der Waals surface area (Å²) in [5.41, 5.74) is 1.14. The third-order valence-electron chi connectivity index (χ3n) is 6.68. The SMILES string of the molecule is CC1CCCCC1NS(=O)(=O)c1ccc(S(=O)(=O)N2CCCN(Cc3ccccc3)C2)cc1. The van der Waals surface area contributed by atoms with Gasteiger partial charge in [0.2, 0.25) is 20.0 Å². The smallest absolute Gasteiger partial charge is 0.244 e. The van der Waals surface area contributed by atoms with Crippen molar-refractivity contribution in [1.82, 2.24) is 13.9 Å². The molecule has 0 aromatic heterocycles. The van der Waals surface area contributed by atoms with Crippen LogP contribution < -0.4 is 4.72 Å². The molecule has 9 heteroatoms. The minimum absolute atomic E-state index is 0.0730. The van der Waals surface area contributed by atoms with Crippen LogP contribution in [0.5, 0.6) is 0 Å². The van der Waals surface area contributed by atoms with Gasteiger partial charge in [0, 0.05) is 25.7 Å². The van der Waals surface area contributed by atoms with E-state index in [2.05, 4.69) is 16.5 Å². The first-order valence-electron chi connectivity index (χ1n) is 11.6. The Bertz CT molecular complexity index is 1140. The maximum Gasteiger partial charge on any atom is 0.244 e. The molecule has 1 saturated carbocycles. The van der Waals surface area contributed by atoms with Crippen molar-refractivity contribution >= 4 is 20.0 Å². The third-order valence-corrected chi connectivity index (χ3v) is 10.0. The molecule has 2 aliphatic rings. The van der Waals surface area contributed by atoms with Crippen LogP contribution >= 0.6 is 0 Å². The summed E-state index contributed by atoms with van der Waals surface area (Å²) in [6.07, 6.45) is 4.75. The van der Waals surface area contributed by atoms with E-state index in [1.54, 1.807) is 0 Å². The standard InChI is InChI=1S/C24H33N3O4S2/c1-20-8-5-6-11-24(20)25-32(28,29)22-12-14-23(15-13-22)33(30,31)27-17-7-16-26(19-27)18-21-9-3-2-4-10-21/h2-4,9-10,12-15,20,24-25H,5-8,11,16-19H2,1H3. The van der Waals surface area contributed by atoms with Crippen LogP contribution in [0, 0.1) is 5.92 Å². The lowest BCUT2D eigenvalue weighted by Crippen LogP contribution is -2.47. The lowest BCUT2D eigenvalue weighted by molar-refractivity contribution is 0.140. The summed E-state index contributed by atoms with van der Waals surface area (Å²) in [5, 5.41) is 0. The van der Waals surface area contributed by atoms with E-state index in [0.717, 1.165) is 44.2 Å². The summed E-state index contributed by atoms with van der Waals surface area (Å²) in [6, 6.07) is 15.5. The molecular weight excluding hydrogens is 458 g/mol. The third kappa shape index (κ3) is 5.84. The van der Waals surface area contributed by atoms with Gasteiger partial charge in [0.15, 0.2) is 0 Å². The summed E-state index contributed by atoms with van der Waals surface area (Å²) in [6.45, 7) is 4.37. The van der Waals surface area contributed by atoms with Gasteiger partial charge in [-0.15, -0.1) is 0 Å². The highest BCUT2D eigenvalue weighted by Gasteiger charge is 2.30. The molecule has 2 aromatic rings. The van der Waals surface area contributed by atoms with Crippen LogP contribution in [0.15, 0.2) is 64.4 Å². The Balaban J connectivity index is 1.44. The van der Waals surface area contributed by atoms with Gasteiger partial charge in [0.1, 0.15) is 0 Å². The van der Waals surface area contributed by atoms with Crippen LogP contribution in [-0.2, 0) is 26.6 Å². The van der Waals surface area contributed by atoms with Crippen LogP contribution in [0.3, 0.4) is 0 Å². The maximum absolute atomic E-state index is 13.2. The first-order valence-corrected chi connectivity index (χ1v) is 14.6. The molecule has 1 N–H and O–H groups in total. The van der Waals surface area contributed by atoms with Crippen molar-refractivity contribution in [2.75, 3.05) is 19.8 Å². The fraction of sp³-hybridized carbons (Fsp3) is 0.500. The summed E-state index contributed by atoms with van der Waals surface area (Å²) in [4.78, 5) is 2.34. The summed E-state index contributed by atoms with van der Waals surface area (Å²) in [5.74, 6) is 0.297. The van der Waals surface area contributed by atoms with E-state index >= 15 is 0 Å². The van der Waals surface area contributed by atoms with Gasteiger partial charge in [-0.3, -0.25) is 4.90 Å². The molecule has 1 aliphatic heterocycles. The molecule has 2 unspecified atom stereocenters. The minimum Gasteiger partial charge on any atom is -0.285 e. The maximum atomic E-state index is 13.2. The Morgan fingerprint density at radius 2 is 1.52 bits per heavy atom. The summed E-state index contributed by atoms with van der Waals surface area (Å²) < 4.78 is 56.5. The van der Waals surface area contributed by atoms with Gasteiger partial charge in [-0.2, -0.15) is 4.31 Å². The van der Waals surface area contributed by atoms with Gasteiger partial charge in [-0.25, -0.2) is 21.6 Å². The van der Waals surface area contributed by atoms with Crippen molar-refractivity contribution in [1.29, 1.82) is 0 Å². The number of hydrogen-bond donors (Lipinski definition) is 1. The van der Waals surface area contributed by atoms with Crippen LogP contribution in [0.2, 0.25) is 0 Å². The van der Waals surface area contributed by atoms with E-state index in [-0.39, 0.29) is 15.8 Å². The molecule has 0 bridgehead atoms. The van der Waals surface area contributed by atoms with Gasteiger partial charge in [-0.1, -0.05) is 50.1 Å². The van der Waals surface area contributed by atoms with Gasteiger partial charge >= 0.3 is 0 Å². The van der Waals surface area contributed by atoms with E-state index in [9.17, 15) is 16.8 Å². The molecule has 4 rings (SSSR count). The number of nitrogens with one attached hydrogen (secondary N) is 1. The quantitative estimate of drug-likeness (QED) is 0.642. The summed E-state index contributed by atoms with van der Waals surface area (Å²) >= 11 is 0. The normalized spacial score (nSPS) is 23.4. The lowest BCUT2D eigenvalue weighted by Gasteiger charge is -2.34. The van der Waals surface area contributed by atoms with Crippen LogP contribution in [-0.4, -0.2) is 51.8 Å². The molecule has 0 amide bonds. The molecule has 180 valence electrons. The van der Waals surface area contributed by atoms with E-state index < -0.39 is 20.0 Å². The zero-order chi connectivity index (χ0) is 23.5. The lowest BCUT2D eigenvalue weighted by atomic mass is 9.87. The molecule has 2 atom stereocenters. The van der Waals surface area contributed by atoms with E-state index in [1.165, 1.54) is 28.6 Å². The largest absolute Gasteiger partial charge is 0.285 e. The molecule has 0 radical (unpaired) electrons. The van der Waals surface area contributed by atoms with Gasteiger partial charge < -0.3 is 0 Å². The van der Waals surface area contributed by atoms with Crippen LogP contribution in [0.4, 0.5) is 0 Å². The highest BCUT2D eigenvalue weighted by Crippen LogP contribution is 2.26. The topological polar surface area (TPSA) is 86.8 Å². The fourth-order valence-electron chi connectivity index (χ4n) is 4.70. The molecule has 0 spiro atoms. The zero-order valence-corrected chi connectivity index (χ0v) is 20.7.